The highest BCUT2D eigenvalue weighted by Gasteiger charge is 2.24. The van der Waals surface area contributed by atoms with Gasteiger partial charge in [-0.1, -0.05) is 187 Å². The standard InChI is InChI=1S/C59H55I/c1-38-15-11-19-43(27-38)46-30-47(44-20-12-16-39(2)28-44)33-50(32-46)57-37-52(36-53(25-26-60)59(6,7)8)58(56-23-10-9-22-55(56)57)51-34-48(45-21-13-17-40(3)29-45)31-49(35-51)54-24-14-18-41(4)42(54)5/h9-25,27-36H,26,37H2,1-8H3/b52-36+,53-25+. The van der Waals surface area contributed by atoms with Crippen LogP contribution in [0.1, 0.15) is 66.1 Å². The normalized spacial score (nSPS) is 13.8. The third-order valence-electron chi connectivity index (χ3n) is 12.2. The Bertz CT molecular complexity index is 2900. The molecule has 0 heterocycles. The van der Waals surface area contributed by atoms with Gasteiger partial charge in [0.25, 0.3) is 0 Å². The SMILES string of the molecule is Cc1cccc(-c2cc(C3=c4ccccc4=C(c4cc(-c5cccc(C)c5)cc(-c5cccc(C)c5C)c4)/C(=C/C(=C\CI)C(C)(C)C)C3)cc(-c3cccc(C)c3)c2)c1. The van der Waals surface area contributed by atoms with Gasteiger partial charge < -0.3 is 0 Å². The largest absolute Gasteiger partial charge is 0.0818 e. The minimum Gasteiger partial charge on any atom is -0.0818 e. The number of halogens is 1. The number of fused-ring (bicyclic) bond motifs is 1. The molecule has 0 radical (unpaired) electrons. The second kappa shape index (κ2) is 17.2. The van der Waals surface area contributed by atoms with E-state index in [1.807, 2.05) is 0 Å². The number of hydrogen-bond donors (Lipinski definition) is 0. The van der Waals surface area contributed by atoms with E-state index in [1.165, 1.54) is 116 Å². The lowest BCUT2D eigenvalue weighted by molar-refractivity contribution is 0.516. The first-order chi connectivity index (χ1) is 28.9. The van der Waals surface area contributed by atoms with Gasteiger partial charge in [0.1, 0.15) is 0 Å². The quantitative estimate of drug-likeness (QED) is 0.105. The number of aryl methyl sites for hydroxylation is 4. The molecule has 0 aliphatic heterocycles. The fourth-order valence-electron chi connectivity index (χ4n) is 8.85. The molecule has 0 fully saturated rings. The van der Waals surface area contributed by atoms with Crippen molar-refractivity contribution in [1.82, 2.24) is 0 Å². The molecule has 0 bridgehead atoms. The van der Waals surface area contributed by atoms with Gasteiger partial charge in [-0.25, -0.2) is 0 Å². The minimum atomic E-state index is -0.0307. The molecular formula is C59H55I. The van der Waals surface area contributed by atoms with E-state index >= 15 is 0 Å². The van der Waals surface area contributed by atoms with E-state index in [2.05, 4.69) is 242 Å². The number of allylic oxidation sites excluding steroid dienone is 4. The molecule has 8 rings (SSSR count). The molecule has 0 N–H and O–H groups in total. The smallest absolute Gasteiger partial charge is 0.0181 e. The number of benzene rings is 7. The Kier molecular flexibility index (Phi) is 11.8. The Morgan fingerprint density at radius 2 is 0.983 bits per heavy atom. The van der Waals surface area contributed by atoms with Gasteiger partial charge in [0.2, 0.25) is 0 Å². The molecule has 0 aromatic heterocycles. The second-order valence-corrected chi connectivity index (χ2v) is 18.6. The van der Waals surface area contributed by atoms with Gasteiger partial charge in [0, 0.05) is 4.43 Å². The first kappa shape index (κ1) is 41.2. The monoisotopic (exact) mass is 890 g/mol. The molecule has 0 nitrogen and oxygen atoms in total. The van der Waals surface area contributed by atoms with Crippen LogP contribution in [0.5, 0.6) is 0 Å². The van der Waals surface area contributed by atoms with Crippen LogP contribution >= 0.6 is 22.6 Å². The maximum absolute atomic E-state index is 2.53. The molecular weight excluding hydrogens is 836 g/mol. The van der Waals surface area contributed by atoms with Gasteiger partial charge in [-0.05, 0) is 182 Å². The van der Waals surface area contributed by atoms with Crippen LogP contribution in [0.15, 0.2) is 175 Å². The Morgan fingerprint density at radius 3 is 1.52 bits per heavy atom. The fourth-order valence-corrected chi connectivity index (χ4v) is 9.33. The van der Waals surface area contributed by atoms with Crippen molar-refractivity contribution in [2.75, 3.05) is 4.43 Å². The average Bonchev–Trinajstić information content (AvgIpc) is 3.23. The summed E-state index contributed by atoms with van der Waals surface area (Å²) in [5, 5.41) is 2.57. The molecule has 0 saturated carbocycles. The van der Waals surface area contributed by atoms with Crippen molar-refractivity contribution >= 4 is 33.7 Å². The maximum atomic E-state index is 2.53. The van der Waals surface area contributed by atoms with E-state index in [-0.39, 0.29) is 5.41 Å². The molecule has 1 aliphatic rings. The van der Waals surface area contributed by atoms with Crippen LogP contribution in [0.2, 0.25) is 0 Å². The minimum absolute atomic E-state index is 0.0307. The summed E-state index contributed by atoms with van der Waals surface area (Å²) in [5.41, 5.74) is 24.2. The van der Waals surface area contributed by atoms with E-state index in [9.17, 15) is 0 Å². The van der Waals surface area contributed by atoms with Crippen molar-refractivity contribution in [2.24, 2.45) is 5.41 Å². The van der Waals surface area contributed by atoms with Crippen LogP contribution in [0, 0.1) is 40.0 Å². The zero-order valence-corrected chi connectivity index (χ0v) is 38.5. The molecule has 60 heavy (non-hydrogen) atoms. The first-order valence-corrected chi connectivity index (χ1v) is 22.8. The fraction of sp³-hybridized carbons (Fsp3) is 0.186. The lowest BCUT2D eigenvalue weighted by atomic mass is 9.78. The van der Waals surface area contributed by atoms with Crippen molar-refractivity contribution in [3.05, 3.63) is 224 Å². The highest BCUT2D eigenvalue weighted by atomic mass is 127. The van der Waals surface area contributed by atoms with Crippen molar-refractivity contribution in [1.29, 1.82) is 0 Å². The first-order valence-electron chi connectivity index (χ1n) is 21.2. The van der Waals surface area contributed by atoms with E-state index in [1.54, 1.807) is 0 Å². The van der Waals surface area contributed by atoms with Crippen molar-refractivity contribution in [2.45, 2.75) is 61.8 Å². The van der Waals surface area contributed by atoms with E-state index in [4.69, 9.17) is 0 Å². The van der Waals surface area contributed by atoms with E-state index in [0.29, 0.717) is 0 Å². The molecule has 7 aromatic rings. The predicted octanol–water partition coefficient (Wildman–Crippen LogP) is 15.0. The average molecular weight is 891 g/mol. The molecule has 0 atom stereocenters. The topological polar surface area (TPSA) is 0 Å². The Labute approximate surface area is 371 Å². The molecule has 0 amide bonds. The van der Waals surface area contributed by atoms with Gasteiger partial charge in [-0.3, -0.25) is 0 Å². The maximum Gasteiger partial charge on any atom is 0.0181 e. The van der Waals surface area contributed by atoms with Crippen LogP contribution in [-0.4, -0.2) is 4.43 Å². The van der Waals surface area contributed by atoms with Crippen molar-refractivity contribution < 1.29 is 0 Å². The number of rotatable bonds is 8. The summed E-state index contributed by atoms with van der Waals surface area (Å²) in [7, 11) is 0. The Balaban J connectivity index is 1.49. The van der Waals surface area contributed by atoms with Crippen LogP contribution in [0.25, 0.3) is 55.7 Å². The van der Waals surface area contributed by atoms with Crippen molar-refractivity contribution in [3.8, 4) is 44.5 Å². The lowest BCUT2D eigenvalue weighted by Crippen LogP contribution is -2.33. The summed E-state index contributed by atoms with van der Waals surface area (Å²) >= 11 is 2.50. The van der Waals surface area contributed by atoms with E-state index in [0.717, 1.165) is 10.8 Å². The van der Waals surface area contributed by atoms with Gasteiger partial charge in [-0.15, -0.1) is 0 Å². The molecule has 1 aliphatic carbocycles. The molecule has 0 saturated heterocycles. The zero-order valence-electron chi connectivity index (χ0n) is 36.4. The summed E-state index contributed by atoms with van der Waals surface area (Å²) in [6, 6.07) is 57.2. The third kappa shape index (κ3) is 8.70. The number of alkyl halides is 1. The van der Waals surface area contributed by atoms with Gasteiger partial charge in [0.15, 0.2) is 0 Å². The lowest BCUT2D eigenvalue weighted by Gasteiger charge is -2.27. The highest BCUT2D eigenvalue weighted by molar-refractivity contribution is 14.1. The van der Waals surface area contributed by atoms with Crippen LogP contribution in [-0.2, 0) is 0 Å². The van der Waals surface area contributed by atoms with Crippen LogP contribution in [0.3, 0.4) is 0 Å². The third-order valence-corrected chi connectivity index (χ3v) is 12.6. The summed E-state index contributed by atoms with van der Waals surface area (Å²) < 4.78 is 0.953. The predicted molar refractivity (Wildman–Crippen MR) is 268 cm³/mol. The summed E-state index contributed by atoms with van der Waals surface area (Å²) in [6.45, 7) is 18.1. The second-order valence-electron chi connectivity index (χ2n) is 17.8. The van der Waals surface area contributed by atoms with E-state index < -0.39 is 0 Å². The molecule has 1 heteroatoms. The molecule has 0 spiro atoms. The summed E-state index contributed by atoms with van der Waals surface area (Å²) in [4.78, 5) is 0. The zero-order chi connectivity index (χ0) is 42.1. The van der Waals surface area contributed by atoms with Crippen LogP contribution in [0.4, 0.5) is 0 Å². The van der Waals surface area contributed by atoms with Crippen molar-refractivity contribution in [3.63, 3.8) is 0 Å². The Morgan fingerprint density at radius 1 is 0.500 bits per heavy atom. The molecule has 7 aromatic carbocycles. The van der Waals surface area contributed by atoms with Gasteiger partial charge in [0.05, 0.1) is 0 Å². The highest BCUT2D eigenvalue weighted by Crippen LogP contribution is 2.41. The Hall–Kier alpha value is -5.51. The number of hydrogen-bond acceptors (Lipinski definition) is 0. The van der Waals surface area contributed by atoms with Gasteiger partial charge >= 0.3 is 0 Å². The molecule has 0 unspecified atom stereocenters. The molecule has 298 valence electrons. The van der Waals surface area contributed by atoms with Gasteiger partial charge in [-0.2, -0.15) is 0 Å². The van der Waals surface area contributed by atoms with Crippen LogP contribution < -0.4 is 10.4 Å². The summed E-state index contributed by atoms with van der Waals surface area (Å²) in [5.74, 6) is 0. The summed E-state index contributed by atoms with van der Waals surface area (Å²) in [6.07, 6.45) is 5.76.